The number of nitro benzene ring substituents is 1. The molecule has 1 rings (SSSR count). The molecule has 0 saturated heterocycles. The number of rotatable bonds is 4. The number of ether oxygens (including phenoxy) is 1. The molecular weight excluding hydrogens is 344 g/mol. The molecule has 0 aliphatic carbocycles. The van der Waals surface area contributed by atoms with Gasteiger partial charge in [0.1, 0.15) is 5.75 Å². The van der Waals surface area contributed by atoms with E-state index in [1.54, 1.807) is 0 Å². The first-order valence-corrected chi connectivity index (χ1v) is 6.56. The van der Waals surface area contributed by atoms with Crippen molar-refractivity contribution in [3.8, 4) is 5.75 Å². The molecule has 10 heteroatoms. The highest BCUT2D eigenvalue weighted by Crippen LogP contribution is 2.38. The monoisotopic (exact) mass is 357 g/mol. The van der Waals surface area contributed by atoms with E-state index in [9.17, 15) is 36.5 Å². The molecular formula is C14H13F6NO3. The lowest BCUT2D eigenvalue weighted by Crippen LogP contribution is -2.21. The number of benzene rings is 1. The third-order valence-electron chi connectivity index (χ3n) is 2.94. The van der Waals surface area contributed by atoms with E-state index in [4.69, 9.17) is 0 Å². The number of nitrogens with zero attached hydrogens (tertiary/aromatic N) is 1. The summed E-state index contributed by atoms with van der Waals surface area (Å²) in [5, 5.41) is 10.9. The Morgan fingerprint density at radius 2 is 1.75 bits per heavy atom. The van der Waals surface area contributed by atoms with Crippen LogP contribution in [0.2, 0.25) is 0 Å². The van der Waals surface area contributed by atoms with Crippen LogP contribution in [0.15, 0.2) is 24.0 Å². The van der Waals surface area contributed by atoms with Crippen molar-refractivity contribution in [1.82, 2.24) is 0 Å². The van der Waals surface area contributed by atoms with Crippen molar-refractivity contribution in [2.75, 3.05) is 0 Å². The molecule has 1 aromatic rings. The summed E-state index contributed by atoms with van der Waals surface area (Å²) in [7, 11) is 0. The van der Waals surface area contributed by atoms with Gasteiger partial charge in [0.15, 0.2) is 0 Å². The van der Waals surface area contributed by atoms with Crippen LogP contribution >= 0.6 is 0 Å². The number of aryl methyl sites for hydroxylation is 1. The molecule has 0 fully saturated rings. The number of hydrogen-bond acceptors (Lipinski definition) is 3. The van der Waals surface area contributed by atoms with Crippen molar-refractivity contribution in [2.24, 2.45) is 0 Å². The molecule has 134 valence electrons. The quantitative estimate of drug-likeness (QED) is 0.313. The fraction of sp³-hybridized carbons (Fsp3) is 0.429. The zero-order valence-corrected chi connectivity index (χ0v) is 12.7. The van der Waals surface area contributed by atoms with E-state index in [-0.39, 0.29) is 16.8 Å². The molecule has 0 heterocycles. The molecule has 0 unspecified atom stereocenters. The summed E-state index contributed by atoms with van der Waals surface area (Å²) in [5.74, 6) is -3.27. The normalized spacial score (nSPS) is 13.3. The summed E-state index contributed by atoms with van der Waals surface area (Å²) in [5.41, 5.74) is -0.406. The van der Waals surface area contributed by atoms with Gasteiger partial charge in [-0.2, -0.15) is 26.3 Å². The van der Waals surface area contributed by atoms with Gasteiger partial charge in [-0.3, -0.25) is 10.1 Å². The van der Waals surface area contributed by atoms with E-state index in [1.165, 1.54) is 20.8 Å². The highest BCUT2D eigenvalue weighted by molar-refractivity contribution is 5.51. The van der Waals surface area contributed by atoms with E-state index < -0.39 is 40.8 Å². The average molecular weight is 357 g/mol. The smallest absolute Gasteiger partial charge is 0.449 e. The second-order valence-corrected chi connectivity index (χ2v) is 5.24. The molecule has 0 aliphatic rings. The lowest BCUT2D eigenvalue weighted by atomic mass is 9.99. The largest absolute Gasteiger partial charge is 0.452 e. The Labute approximate surface area is 132 Å². The van der Waals surface area contributed by atoms with E-state index in [0.717, 1.165) is 12.1 Å². The van der Waals surface area contributed by atoms with Gasteiger partial charge in [-0.1, -0.05) is 13.8 Å². The van der Waals surface area contributed by atoms with Gasteiger partial charge in [0, 0.05) is 17.2 Å². The van der Waals surface area contributed by atoms with E-state index in [1.807, 2.05) is 0 Å². The predicted octanol–water partition coefficient (Wildman–Crippen LogP) is 5.41. The molecule has 0 bridgehead atoms. The van der Waals surface area contributed by atoms with Gasteiger partial charge in [0.25, 0.3) is 5.69 Å². The van der Waals surface area contributed by atoms with Crippen molar-refractivity contribution >= 4 is 5.69 Å². The van der Waals surface area contributed by atoms with Gasteiger partial charge in [-0.15, -0.1) is 0 Å². The van der Waals surface area contributed by atoms with Crippen LogP contribution in [-0.2, 0) is 0 Å². The van der Waals surface area contributed by atoms with Crippen LogP contribution in [0.3, 0.4) is 0 Å². The minimum atomic E-state index is -5.38. The van der Waals surface area contributed by atoms with Crippen LogP contribution in [0.5, 0.6) is 5.75 Å². The molecule has 0 amide bonds. The Balaban J connectivity index is 3.47. The maximum absolute atomic E-state index is 12.8. The van der Waals surface area contributed by atoms with Crippen LogP contribution in [-0.4, -0.2) is 17.3 Å². The van der Waals surface area contributed by atoms with Crippen LogP contribution in [0.4, 0.5) is 32.0 Å². The van der Waals surface area contributed by atoms with Crippen molar-refractivity contribution < 1.29 is 36.0 Å². The Morgan fingerprint density at radius 3 is 2.12 bits per heavy atom. The van der Waals surface area contributed by atoms with Crippen molar-refractivity contribution in [1.29, 1.82) is 0 Å². The lowest BCUT2D eigenvalue weighted by molar-refractivity contribution is -0.385. The molecule has 4 nitrogen and oxygen atoms in total. The van der Waals surface area contributed by atoms with E-state index in [0.29, 0.717) is 0 Å². The van der Waals surface area contributed by atoms with Crippen LogP contribution in [0.1, 0.15) is 30.9 Å². The van der Waals surface area contributed by atoms with E-state index >= 15 is 0 Å². The molecule has 0 N–H and O–H groups in total. The minimum Gasteiger partial charge on any atom is -0.452 e. The van der Waals surface area contributed by atoms with Crippen molar-refractivity contribution in [3.05, 3.63) is 45.2 Å². The zero-order chi connectivity index (χ0) is 18.9. The molecule has 0 spiro atoms. The molecule has 0 aliphatic heterocycles. The maximum atomic E-state index is 12.8. The van der Waals surface area contributed by atoms with Gasteiger partial charge in [0.2, 0.25) is 5.76 Å². The second-order valence-electron chi connectivity index (χ2n) is 5.24. The summed E-state index contributed by atoms with van der Waals surface area (Å²) in [6.45, 7) is 4.28. The first-order chi connectivity index (χ1) is 10.7. The highest BCUT2D eigenvalue weighted by Gasteiger charge is 2.41. The first kappa shape index (κ1) is 19.8. The fourth-order valence-electron chi connectivity index (χ4n) is 1.86. The van der Waals surface area contributed by atoms with Crippen LogP contribution in [0, 0.1) is 17.0 Å². The Hall–Kier alpha value is -2.26. The molecule has 0 aromatic heterocycles. The van der Waals surface area contributed by atoms with E-state index in [2.05, 4.69) is 4.74 Å². The number of allylic oxidation sites excluding steroid dienone is 2. The summed E-state index contributed by atoms with van der Waals surface area (Å²) in [6, 6.07) is 1.92. The first-order valence-electron chi connectivity index (χ1n) is 6.56. The lowest BCUT2D eigenvalue weighted by Gasteiger charge is -2.18. The summed E-state index contributed by atoms with van der Waals surface area (Å²) < 4.78 is 79.7. The SMILES string of the molecule is Cc1cc(OC(=CC(F)(F)F)C(F)(F)F)c(C(C)C)cc1[N+](=O)[O-]. The van der Waals surface area contributed by atoms with Crippen LogP contribution < -0.4 is 4.74 Å². The molecule has 0 saturated carbocycles. The third kappa shape index (κ3) is 5.14. The molecule has 1 aromatic carbocycles. The standard InChI is InChI=1S/C14H13F6NO3/c1-7(2)9-5-10(21(22)23)8(3)4-11(9)24-12(14(18,19)20)6-13(15,16)17/h4-7H,1-3H3. The number of hydrogen-bond donors (Lipinski definition) is 0. The van der Waals surface area contributed by atoms with Gasteiger partial charge < -0.3 is 4.74 Å². The van der Waals surface area contributed by atoms with Crippen LogP contribution in [0.25, 0.3) is 0 Å². The predicted molar refractivity (Wildman–Crippen MR) is 72.7 cm³/mol. The number of alkyl halides is 6. The Bertz CT molecular complexity index is 662. The summed E-state index contributed by atoms with van der Waals surface area (Å²) >= 11 is 0. The Kier molecular flexibility index (Phi) is 5.52. The zero-order valence-electron chi connectivity index (χ0n) is 12.7. The third-order valence-corrected chi connectivity index (χ3v) is 2.94. The molecule has 0 radical (unpaired) electrons. The molecule has 24 heavy (non-hydrogen) atoms. The number of halogens is 6. The Morgan fingerprint density at radius 1 is 1.21 bits per heavy atom. The summed E-state index contributed by atoms with van der Waals surface area (Å²) in [4.78, 5) is 10.2. The maximum Gasteiger partial charge on any atom is 0.449 e. The average Bonchev–Trinajstić information content (AvgIpc) is 2.34. The minimum absolute atomic E-state index is 0.00961. The number of nitro groups is 1. The summed E-state index contributed by atoms with van der Waals surface area (Å²) in [6.07, 6.45) is -11.6. The topological polar surface area (TPSA) is 52.4 Å². The fourth-order valence-corrected chi connectivity index (χ4v) is 1.86. The van der Waals surface area contributed by atoms with Crippen molar-refractivity contribution in [2.45, 2.75) is 39.0 Å². The van der Waals surface area contributed by atoms with Gasteiger partial charge in [-0.25, -0.2) is 0 Å². The van der Waals surface area contributed by atoms with Gasteiger partial charge in [0.05, 0.1) is 11.0 Å². The second kappa shape index (κ2) is 6.70. The van der Waals surface area contributed by atoms with Gasteiger partial charge >= 0.3 is 12.4 Å². The van der Waals surface area contributed by atoms with Crippen molar-refractivity contribution in [3.63, 3.8) is 0 Å². The highest BCUT2D eigenvalue weighted by atomic mass is 19.4. The van der Waals surface area contributed by atoms with Gasteiger partial charge in [-0.05, 0) is 18.9 Å². The molecule has 0 atom stereocenters.